The van der Waals surface area contributed by atoms with Crippen molar-refractivity contribution in [2.45, 2.75) is 104 Å². The van der Waals surface area contributed by atoms with E-state index in [0.717, 1.165) is 25.3 Å². The Balaban J connectivity index is 2.06. The van der Waals surface area contributed by atoms with Crippen LogP contribution in [0.1, 0.15) is 91.7 Å². The zero-order valence-corrected chi connectivity index (χ0v) is 25.2. The fraction of sp³-hybridized carbons (Fsp3) is 0.750. The lowest BCUT2D eigenvalue weighted by molar-refractivity contribution is -0.139. The van der Waals surface area contributed by atoms with E-state index in [1.807, 2.05) is 0 Å². The van der Waals surface area contributed by atoms with Crippen molar-refractivity contribution in [2.75, 3.05) is 19.8 Å². The van der Waals surface area contributed by atoms with Gasteiger partial charge in [0.25, 0.3) is 0 Å². The number of aryl methyl sites for hydroxylation is 1. The molecule has 1 aliphatic rings. The largest absolute Gasteiger partial charge is 0.493 e. The van der Waals surface area contributed by atoms with Gasteiger partial charge in [0.2, 0.25) is 0 Å². The first-order chi connectivity index (χ1) is 17.9. The molecule has 0 saturated heterocycles. The van der Waals surface area contributed by atoms with Gasteiger partial charge in [0.05, 0.1) is 24.4 Å². The topological polar surface area (TPSA) is 86.6 Å². The van der Waals surface area contributed by atoms with E-state index in [1.165, 1.54) is 6.07 Å². The van der Waals surface area contributed by atoms with Crippen LogP contribution in [0.2, 0.25) is 0 Å². The van der Waals surface area contributed by atoms with Crippen molar-refractivity contribution in [3.63, 3.8) is 0 Å². The van der Waals surface area contributed by atoms with Crippen molar-refractivity contribution >= 4 is 13.7 Å². The molecule has 1 aromatic rings. The molecule has 0 aromatic heterocycles. The van der Waals surface area contributed by atoms with Crippen LogP contribution in [0.5, 0.6) is 5.75 Å². The van der Waals surface area contributed by atoms with Crippen LogP contribution in [0, 0.1) is 11.8 Å². The Morgan fingerprint density at radius 2 is 1.85 bits per heavy atom. The summed E-state index contributed by atoms with van der Waals surface area (Å²) in [6.45, 7) is 13.0. The quantitative estimate of drug-likeness (QED) is 0.212. The lowest BCUT2D eigenvalue weighted by atomic mass is 9.93. The highest BCUT2D eigenvalue weighted by Gasteiger charge is 2.40. The Morgan fingerprint density at radius 1 is 1.15 bits per heavy atom. The summed E-state index contributed by atoms with van der Waals surface area (Å²) < 4.78 is 75.5. The highest BCUT2D eigenvalue weighted by atomic mass is 31.2. The summed E-state index contributed by atoms with van der Waals surface area (Å²) in [5, 5.41) is 0. The van der Waals surface area contributed by atoms with Crippen LogP contribution < -0.4 is 4.74 Å². The first kappa shape index (κ1) is 33.6. The third kappa shape index (κ3) is 12.2. The van der Waals surface area contributed by atoms with Crippen molar-refractivity contribution in [1.29, 1.82) is 0 Å². The minimum absolute atomic E-state index is 0.0804. The van der Waals surface area contributed by atoms with Crippen molar-refractivity contribution < 1.29 is 41.2 Å². The summed E-state index contributed by atoms with van der Waals surface area (Å²) in [4.78, 5) is 14.5. The fourth-order valence-electron chi connectivity index (χ4n) is 4.33. The van der Waals surface area contributed by atoms with E-state index in [-0.39, 0.29) is 38.4 Å². The molecule has 2 unspecified atom stereocenters. The fourth-order valence-corrected chi connectivity index (χ4v) is 5.48. The number of alkyl halides is 3. The van der Waals surface area contributed by atoms with Gasteiger partial charge in [-0.15, -0.1) is 0 Å². The van der Waals surface area contributed by atoms with Gasteiger partial charge in [0.1, 0.15) is 17.9 Å². The van der Waals surface area contributed by atoms with Crippen molar-refractivity contribution in [1.82, 2.24) is 0 Å². The molecule has 1 heterocycles. The maximum Gasteiger partial charge on any atom is 0.472 e. The Morgan fingerprint density at radius 3 is 2.41 bits per heavy atom. The molecule has 3 atom stereocenters. The highest BCUT2D eigenvalue weighted by Crippen LogP contribution is 2.48. The van der Waals surface area contributed by atoms with E-state index < -0.39 is 30.7 Å². The summed E-state index contributed by atoms with van der Waals surface area (Å²) in [6.07, 6.45) is -0.168. The average Bonchev–Trinajstić information content (AvgIpc) is 3.15. The van der Waals surface area contributed by atoms with Crippen LogP contribution in [0.25, 0.3) is 0 Å². The third-order valence-electron chi connectivity index (χ3n) is 6.40. The molecule has 0 aliphatic carbocycles. The van der Waals surface area contributed by atoms with Crippen LogP contribution in [0.3, 0.4) is 0 Å². The molecule has 0 bridgehead atoms. The molecule has 0 fully saturated rings. The van der Waals surface area contributed by atoms with Gasteiger partial charge in [0.15, 0.2) is 5.90 Å². The first-order valence-electron chi connectivity index (χ1n) is 13.6. The minimum atomic E-state index is -4.58. The van der Waals surface area contributed by atoms with Crippen molar-refractivity contribution in [3.8, 4) is 5.75 Å². The van der Waals surface area contributed by atoms with E-state index in [9.17, 15) is 22.6 Å². The molecular formula is C28H45F3NO6P. The second-order valence-electron chi connectivity index (χ2n) is 12.0. The van der Waals surface area contributed by atoms with E-state index >= 15 is 0 Å². The van der Waals surface area contributed by atoms with E-state index in [0.29, 0.717) is 29.7 Å². The van der Waals surface area contributed by atoms with Gasteiger partial charge in [-0.25, -0.2) is 9.56 Å². The number of phosphoric ester groups is 1. The standard InChI is InChI=1S/C28H45F3NO6P/c1-20(2)9-8-10-21(3)14-16-35-25-12-11-23(17-24(25)28(29,30)31)13-15-27(18-36-22(4)32-27)19-37-39(33,34)38-26(5,6)7/h11-12,17,20-21H,8-10,13-16,18-19H2,1-7H3,(H,33,34)/t21-,27?/m0/s1. The van der Waals surface area contributed by atoms with Crippen LogP contribution in [-0.4, -0.2) is 41.8 Å². The van der Waals surface area contributed by atoms with Gasteiger partial charge < -0.3 is 14.4 Å². The number of hydrogen-bond donors (Lipinski definition) is 1. The molecule has 0 amide bonds. The number of rotatable bonds is 15. The van der Waals surface area contributed by atoms with Gasteiger partial charge in [-0.05, 0) is 69.6 Å². The second kappa shape index (κ2) is 13.8. The SMILES string of the molecule is CC1=NC(CCc2ccc(OCC[C@@H](C)CCCC(C)C)c(C(F)(F)F)c2)(COP(=O)(O)OC(C)(C)C)CO1. The molecule has 7 nitrogen and oxygen atoms in total. The molecule has 1 aliphatic heterocycles. The van der Waals surface area contributed by atoms with Crippen LogP contribution in [0.4, 0.5) is 13.2 Å². The second-order valence-corrected chi connectivity index (χ2v) is 13.4. The molecule has 1 N–H and O–H groups in total. The lowest BCUT2D eigenvalue weighted by Crippen LogP contribution is -2.35. The number of phosphoric acid groups is 1. The zero-order valence-electron chi connectivity index (χ0n) is 24.3. The molecule has 1 aromatic carbocycles. The number of benzene rings is 1. The molecular weight excluding hydrogens is 534 g/mol. The predicted octanol–water partition coefficient (Wildman–Crippen LogP) is 7.99. The summed E-state index contributed by atoms with van der Waals surface area (Å²) in [5.74, 6) is 1.20. The minimum Gasteiger partial charge on any atom is -0.493 e. The monoisotopic (exact) mass is 579 g/mol. The van der Waals surface area contributed by atoms with Gasteiger partial charge >= 0.3 is 14.0 Å². The van der Waals surface area contributed by atoms with Gasteiger partial charge in [-0.1, -0.05) is 46.1 Å². The lowest BCUT2D eigenvalue weighted by Gasteiger charge is -2.27. The normalized spacial score (nSPS) is 20.5. The maximum atomic E-state index is 13.9. The van der Waals surface area contributed by atoms with E-state index in [2.05, 4.69) is 25.8 Å². The Hall–Kier alpha value is -1.61. The Kier molecular flexibility index (Phi) is 11.9. The number of nitrogens with zero attached hydrogens (tertiary/aromatic N) is 1. The maximum absolute atomic E-state index is 13.9. The van der Waals surface area contributed by atoms with Crippen molar-refractivity contribution in [2.24, 2.45) is 16.8 Å². The van der Waals surface area contributed by atoms with Gasteiger partial charge in [-0.3, -0.25) is 9.05 Å². The number of ether oxygens (including phenoxy) is 2. The summed E-state index contributed by atoms with van der Waals surface area (Å²) >= 11 is 0. The van der Waals surface area contributed by atoms with Crippen molar-refractivity contribution in [3.05, 3.63) is 29.3 Å². The molecule has 39 heavy (non-hydrogen) atoms. The molecule has 2 rings (SSSR count). The van der Waals surface area contributed by atoms with Crippen LogP contribution in [0.15, 0.2) is 23.2 Å². The number of halogens is 3. The summed E-state index contributed by atoms with van der Waals surface area (Å²) in [6, 6.07) is 4.07. The Labute approximate surface area is 231 Å². The van der Waals surface area contributed by atoms with Crippen LogP contribution in [-0.2, 0) is 30.9 Å². The Bertz CT molecular complexity index is 1010. The average molecular weight is 580 g/mol. The first-order valence-corrected chi connectivity index (χ1v) is 15.1. The summed E-state index contributed by atoms with van der Waals surface area (Å²) in [7, 11) is -4.38. The molecule has 11 heteroatoms. The zero-order chi connectivity index (χ0) is 29.5. The highest BCUT2D eigenvalue weighted by molar-refractivity contribution is 7.47. The van der Waals surface area contributed by atoms with Gasteiger partial charge in [-0.2, -0.15) is 13.2 Å². The van der Waals surface area contributed by atoms with Gasteiger partial charge in [0, 0.05) is 6.92 Å². The third-order valence-corrected chi connectivity index (χ3v) is 7.64. The molecule has 0 radical (unpaired) electrons. The number of hydrogen-bond acceptors (Lipinski definition) is 6. The summed E-state index contributed by atoms with van der Waals surface area (Å²) in [5.41, 5.74) is -2.32. The predicted molar refractivity (Wildman–Crippen MR) is 146 cm³/mol. The molecule has 224 valence electrons. The van der Waals surface area contributed by atoms with E-state index in [4.69, 9.17) is 18.5 Å². The van der Waals surface area contributed by atoms with E-state index in [1.54, 1.807) is 33.8 Å². The number of aliphatic imine (C=N–C) groups is 1. The smallest absolute Gasteiger partial charge is 0.472 e. The van der Waals surface area contributed by atoms with Crippen LogP contribution >= 0.6 is 7.82 Å². The molecule has 0 spiro atoms. The molecule has 0 saturated carbocycles.